The topological polar surface area (TPSA) is 21.3 Å². The monoisotopic (exact) mass is 223 g/mol. The van der Waals surface area contributed by atoms with Crippen LogP contribution in [0.5, 0.6) is 0 Å². The van der Waals surface area contributed by atoms with E-state index in [-0.39, 0.29) is 5.60 Å². The smallest absolute Gasteiger partial charge is 0.0815 e. The summed E-state index contributed by atoms with van der Waals surface area (Å²) in [6, 6.07) is 0. The fourth-order valence-corrected chi connectivity index (χ4v) is 4.10. The van der Waals surface area contributed by atoms with Crippen LogP contribution in [0.25, 0.3) is 0 Å². The van der Waals surface area contributed by atoms with Crippen LogP contribution < -0.4 is 5.32 Å². The Morgan fingerprint density at radius 2 is 2.00 bits per heavy atom. The van der Waals surface area contributed by atoms with Crippen LogP contribution in [0.15, 0.2) is 0 Å². The van der Waals surface area contributed by atoms with Crippen molar-refractivity contribution in [1.82, 2.24) is 5.32 Å². The van der Waals surface area contributed by atoms with E-state index in [4.69, 9.17) is 4.74 Å². The Morgan fingerprint density at radius 3 is 2.69 bits per heavy atom. The van der Waals surface area contributed by atoms with Crippen molar-refractivity contribution >= 4 is 0 Å². The van der Waals surface area contributed by atoms with Crippen molar-refractivity contribution in [1.29, 1.82) is 0 Å². The number of morpholine rings is 1. The van der Waals surface area contributed by atoms with Crippen molar-refractivity contribution in [2.45, 2.75) is 63.6 Å². The summed E-state index contributed by atoms with van der Waals surface area (Å²) in [4.78, 5) is 0. The minimum atomic E-state index is 0.237. The first kappa shape index (κ1) is 11.0. The predicted molar refractivity (Wildman–Crippen MR) is 65.4 cm³/mol. The summed E-state index contributed by atoms with van der Waals surface area (Å²) in [5.74, 6) is 1.84. The molecule has 1 aliphatic heterocycles. The maximum Gasteiger partial charge on any atom is 0.0815 e. The van der Waals surface area contributed by atoms with Crippen molar-refractivity contribution in [3.8, 4) is 0 Å². The van der Waals surface area contributed by atoms with E-state index in [9.17, 15) is 0 Å². The van der Waals surface area contributed by atoms with Crippen LogP contribution in [0.3, 0.4) is 0 Å². The normalized spacial score (nSPS) is 44.8. The van der Waals surface area contributed by atoms with E-state index in [0.29, 0.717) is 6.10 Å². The molecule has 2 heteroatoms. The molecular weight excluding hydrogens is 198 g/mol. The molecule has 0 aromatic heterocycles. The third kappa shape index (κ3) is 2.14. The van der Waals surface area contributed by atoms with E-state index in [1.807, 2.05) is 0 Å². The zero-order valence-corrected chi connectivity index (χ0v) is 10.5. The molecule has 2 aliphatic carbocycles. The van der Waals surface area contributed by atoms with Crippen LogP contribution in [-0.4, -0.2) is 24.8 Å². The van der Waals surface area contributed by atoms with Gasteiger partial charge in [0, 0.05) is 13.1 Å². The van der Waals surface area contributed by atoms with Crippen LogP contribution in [0.4, 0.5) is 0 Å². The van der Waals surface area contributed by atoms with Crippen molar-refractivity contribution in [3.05, 3.63) is 0 Å². The first-order valence-electron chi connectivity index (χ1n) is 7.14. The first-order valence-corrected chi connectivity index (χ1v) is 7.14. The fraction of sp³-hybridized carbons (Fsp3) is 1.00. The maximum absolute atomic E-state index is 6.38. The summed E-state index contributed by atoms with van der Waals surface area (Å²) in [5, 5.41) is 3.60. The zero-order chi connectivity index (χ0) is 11.0. The molecule has 1 N–H and O–H groups in total. The molecule has 0 radical (unpaired) electrons. The van der Waals surface area contributed by atoms with Gasteiger partial charge in [0.15, 0.2) is 0 Å². The van der Waals surface area contributed by atoms with E-state index in [2.05, 4.69) is 12.2 Å². The van der Waals surface area contributed by atoms with Gasteiger partial charge in [0.25, 0.3) is 0 Å². The van der Waals surface area contributed by atoms with Gasteiger partial charge in [-0.3, -0.25) is 0 Å². The average Bonchev–Trinajstić information content (AvgIpc) is 2.69. The molecule has 16 heavy (non-hydrogen) atoms. The Hall–Kier alpha value is -0.0800. The van der Waals surface area contributed by atoms with Gasteiger partial charge in [-0.2, -0.15) is 0 Å². The van der Waals surface area contributed by atoms with Crippen LogP contribution in [0, 0.1) is 11.8 Å². The molecule has 0 bridgehead atoms. The largest absolute Gasteiger partial charge is 0.369 e. The third-order valence-electron chi connectivity index (χ3n) is 4.75. The molecule has 2 saturated carbocycles. The van der Waals surface area contributed by atoms with Gasteiger partial charge < -0.3 is 10.1 Å². The second kappa shape index (κ2) is 4.30. The summed E-state index contributed by atoms with van der Waals surface area (Å²) in [6.07, 6.45) is 10.2. The average molecular weight is 223 g/mol. The van der Waals surface area contributed by atoms with Gasteiger partial charge in [0.1, 0.15) is 0 Å². The van der Waals surface area contributed by atoms with Gasteiger partial charge in [-0.15, -0.1) is 0 Å². The molecule has 3 rings (SSSR count). The van der Waals surface area contributed by atoms with E-state index in [0.717, 1.165) is 24.9 Å². The van der Waals surface area contributed by atoms with Crippen LogP contribution in [-0.2, 0) is 4.74 Å². The molecule has 1 saturated heterocycles. The van der Waals surface area contributed by atoms with Gasteiger partial charge in [0.05, 0.1) is 11.7 Å². The summed E-state index contributed by atoms with van der Waals surface area (Å²) in [6.45, 7) is 4.53. The van der Waals surface area contributed by atoms with Crippen molar-refractivity contribution in [2.24, 2.45) is 11.8 Å². The highest BCUT2D eigenvalue weighted by Gasteiger charge is 2.46. The highest BCUT2D eigenvalue weighted by Crippen LogP contribution is 2.43. The van der Waals surface area contributed by atoms with Gasteiger partial charge in [-0.25, -0.2) is 0 Å². The summed E-state index contributed by atoms with van der Waals surface area (Å²) >= 11 is 0. The predicted octanol–water partition coefficient (Wildman–Crippen LogP) is 2.72. The number of hydrogen-bond acceptors (Lipinski definition) is 2. The molecule has 0 aromatic rings. The lowest BCUT2D eigenvalue weighted by atomic mass is 9.71. The number of rotatable bonds is 2. The lowest BCUT2D eigenvalue weighted by Crippen LogP contribution is -2.60. The van der Waals surface area contributed by atoms with Crippen molar-refractivity contribution in [2.75, 3.05) is 13.1 Å². The highest BCUT2D eigenvalue weighted by molar-refractivity contribution is 4.99. The summed E-state index contributed by atoms with van der Waals surface area (Å²) < 4.78 is 6.38. The minimum Gasteiger partial charge on any atom is -0.369 e. The molecule has 2 nitrogen and oxygen atoms in total. The van der Waals surface area contributed by atoms with E-state index >= 15 is 0 Å². The lowest BCUT2D eigenvalue weighted by molar-refractivity contribution is -0.179. The highest BCUT2D eigenvalue weighted by atomic mass is 16.5. The Morgan fingerprint density at radius 1 is 1.25 bits per heavy atom. The first-order chi connectivity index (χ1) is 7.76. The zero-order valence-electron chi connectivity index (χ0n) is 10.5. The number of nitrogens with one attached hydrogen (secondary N) is 1. The molecule has 1 heterocycles. The van der Waals surface area contributed by atoms with E-state index in [1.54, 1.807) is 0 Å². The molecular formula is C14H25NO. The molecule has 1 spiro atoms. The van der Waals surface area contributed by atoms with Crippen LogP contribution in [0.1, 0.15) is 51.9 Å². The maximum atomic E-state index is 6.38. The minimum absolute atomic E-state index is 0.237. The summed E-state index contributed by atoms with van der Waals surface area (Å²) in [7, 11) is 0. The SMILES string of the molecule is CC1CC2(CNCC(CC3CCCC3)O2)C1. The molecule has 92 valence electrons. The summed E-state index contributed by atoms with van der Waals surface area (Å²) in [5.41, 5.74) is 0.237. The molecule has 1 atom stereocenters. The Kier molecular flexibility index (Phi) is 2.97. The molecule has 0 aromatic carbocycles. The fourth-order valence-electron chi connectivity index (χ4n) is 4.10. The van der Waals surface area contributed by atoms with Crippen LogP contribution >= 0.6 is 0 Å². The molecule has 1 unspecified atom stereocenters. The second-order valence-corrected chi connectivity index (χ2v) is 6.45. The van der Waals surface area contributed by atoms with E-state index in [1.165, 1.54) is 44.9 Å². The standard InChI is InChI=1S/C14H25NO/c1-11-7-14(8-11)10-15-9-13(16-14)6-12-4-2-3-5-12/h11-13,15H,2-10H2,1H3. The van der Waals surface area contributed by atoms with Gasteiger partial charge in [-0.05, 0) is 31.1 Å². The van der Waals surface area contributed by atoms with Gasteiger partial charge in [0.2, 0.25) is 0 Å². The Labute approximate surface area is 99.1 Å². The molecule has 3 fully saturated rings. The van der Waals surface area contributed by atoms with Crippen LogP contribution in [0.2, 0.25) is 0 Å². The van der Waals surface area contributed by atoms with Crippen molar-refractivity contribution in [3.63, 3.8) is 0 Å². The number of hydrogen-bond donors (Lipinski definition) is 1. The number of ether oxygens (including phenoxy) is 1. The Bertz CT molecular complexity index is 236. The van der Waals surface area contributed by atoms with Crippen molar-refractivity contribution < 1.29 is 4.74 Å². The molecule has 3 aliphatic rings. The Balaban J connectivity index is 1.52. The second-order valence-electron chi connectivity index (χ2n) is 6.45. The lowest BCUT2D eigenvalue weighted by Gasteiger charge is -2.51. The van der Waals surface area contributed by atoms with E-state index < -0.39 is 0 Å². The molecule has 0 amide bonds. The van der Waals surface area contributed by atoms with Gasteiger partial charge in [-0.1, -0.05) is 32.6 Å². The van der Waals surface area contributed by atoms with Gasteiger partial charge >= 0.3 is 0 Å². The third-order valence-corrected chi connectivity index (χ3v) is 4.75. The quantitative estimate of drug-likeness (QED) is 0.777.